The largest absolute Gasteiger partial charge is 0.480 e. The van der Waals surface area contributed by atoms with Crippen molar-refractivity contribution in [1.82, 2.24) is 24.8 Å². The summed E-state index contributed by atoms with van der Waals surface area (Å²) in [4.78, 5) is 29.2. The van der Waals surface area contributed by atoms with Crippen molar-refractivity contribution in [3.8, 4) is 0 Å². The minimum Gasteiger partial charge on any atom is -0.480 e. The van der Waals surface area contributed by atoms with E-state index in [4.69, 9.17) is 0 Å². The summed E-state index contributed by atoms with van der Waals surface area (Å²) >= 11 is 0. The van der Waals surface area contributed by atoms with Crippen LogP contribution in [0.15, 0.2) is 65.8 Å². The smallest absolute Gasteiger partial charge is 0.323 e. The van der Waals surface area contributed by atoms with Crippen LogP contribution in [0.2, 0.25) is 0 Å². The first-order valence-corrected chi connectivity index (χ1v) is 14.3. The van der Waals surface area contributed by atoms with Crippen molar-refractivity contribution in [2.75, 3.05) is 18.4 Å². The number of anilines is 1. The van der Waals surface area contributed by atoms with Gasteiger partial charge in [0.1, 0.15) is 11.9 Å². The van der Waals surface area contributed by atoms with E-state index in [1.165, 1.54) is 0 Å². The number of carbonyl (C=O) groups is 2. The molecule has 1 unspecified atom stereocenters. The van der Waals surface area contributed by atoms with Crippen molar-refractivity contribution in [2.24, 2.45) is 0 Å². The zero-order chi connectivity index (χ0) is 28.9. The Morgan fingerprint density at radius 1 is 1.05 bits per heavy atom. The van der Waals surface area contributed by atoms with Gasteiger partial charge in [0, 0.05) is 31.2 Å². The molecule has 2 aromatic carbocycles. The fourth-order valence-corrected chi connectivity index (χ4v) is 6.34. The van der Waals surface area contributed by atoms with E-state index in [0.29, 0.717) is 35.2 Å². The van der Waals surface area contributed by atoms with Crippen LogP contribution in [-0.2, 0) is 21.4 Å². The number of carbonyl (C=O) groups excluding carboxylic acids is 1. The van der Waals surface area contributed by atoms with Crippen LogP contribution < -0.4 is 15.4 Å². The molecule has 2 aromatic heterocycles. The standard InChI is InChI=1S/C28H32N6O5S/c1-18-14-19(2)26(20(3)15-18)40(38,39)33-23(28(36)37)17-31-27(35)21-8-6-9-24-22(21)16-32-34(24)13-7-12-30-25-10-4-5-11-29-25/h4-6,8-11,14-16,23,33H,7,12-13,17H2,1-3H3,(H,29,30)(H,31,35)(H,36,37). The lowest BCUT2D eigenvalue weighted by Gasteiger charge is -2.18. The fraction of sp³-hybridized carbons (Fsp3) is 0.286. The van der Waals surface area contributed by atoms with Gasteiger partial charge in [0.15, 0.2) is 0 Å². The van der Waals surface area contributed by atoms with Gasteiger partial charge in [-0.15, -0.1) is 0 Å². The number of hydrogen-bond acceptors (Lipinski definition) is 7. The molecule has 1 amide bonds. The second kappa shape index (κ2) is 12.3. The number of amides is 1. The quantitative estimate of drug-likeness (QED) is 0.191. The number of sulfonamides is 1. The highest BCUT2D eigenvalue weighted by Crippen LogP contribution is 2.22. The normalized spacial score (nSPS) is 12.3. The third-order valence-electron chi connectivity index (χ3n) is 6.39. The number of carboxylic acid groups (broad SMARTS) is 1. The lowest BCUT2D eigenvalue weighted by Crippen LogP contribution is -2.48. The van der Waals surface area contributed by atoms with Crippen LogP contribution in [0.1, 0.15) is 33.5 Å². The highest BCUT2D eigenvalue weighted by molar-refractivity contribution is 7.89. The third-order valence-corrected chi connectivity index (χ3v) is 8.16. The third kappa shape index (κ3) is 6.64. The zero-order valence-electron chi connectivity index (χ0n) is 22.5. The van der Waals surface area contributed by atoms with Gasteiger partial charge >= 0.3 is 5.97 Å². The van der Waals surface area contributed by atoms with E-state index in [2.05, 4.69) is 25.4 Å². The predicted molar refractivity (Wildman–Crippen MR) is 152 cm³/mol. The van der Waals surface area contributed by atoms with Gasteiger partial charge in [0.25, 0.3) is 5.91 Å². The summed E-state index contributed by atoms with van der Waals surface area (Å²) in [6.07, 6.45) is 4.08. The summed E-state index contributed by atoms with van der Waals surface area (Å²) in [6.45, 7) is 6.02. The molecule has 0 spiro atoms. The number of rotatable bonds is 12. The summed E-state index contributed by atoms with van der Waals surface area (Å²) in [5.41, 5.74) is 2.98. The number of hydrogen-bond donors (Lipinski definition) is 4. The maximum Gasteiger partial charge on any atom is 0.323 e. The topological polar surface area (TPSA) is 155 Å². The number of pyridine rings is 1. The number of fused-ring (bicyclic) bond motifs is 1. The van der Waals surface area contributed by atoms with E-state index >= 15 is 0 Å². The van der Waals surface area contributed by atoms with Crippen LogP contribution in [0.4, 0.5) is 5.82 Å². The van der Waals surface area contributed by atoms with E-state index in [0.717, 1.165) is 23.3 Å². The molecule has 1 atom stereocenters. The first-order valence-electron chi connectivity index (χ1n) is 12.8. The first-order chi connectivity index (χ1) is 19.1. The summed E-state index contributed by atoms with van der Waals surface area (Å²) in [6, 6.07) is 12.7. The van der Waals surface area contributed by atoms with Crippen LogP contribution in [-0.4, -0.2) is 59.3 Å². The molecule has 11 nitrogen and oxygen atoms in total. The lowest BCUT2D eigenvalue weighted by atomic mass is 10.1. The molecule has 0 saturated heterocycles. The molecule has 0 aliphatic carbocycles. The fourth-order valence-electron chi connectivity index (χ4n) is 4.70. The Morgan fingerprint density at radius 2 is 1.80 bits per heavy atom. The maximum atomic E-state index is 13.1. The molecule has 4 rings (SSSR count). The number of nitrogens with one attached hydrogen (secondary N) is 3. The van der Waals surface area contributed by atoms with Gasteiger partial charge in [0.2, 0.25) is 10.0 Å². The molecule has 40 heavy (non-hydrogen) atoms. The van der Waals surface area contributed by atoms with Crippen molar-refractivity contribution in [2.45, 2.75) is 44.7 Å². The molecule has 0 radical (unpaired) electrons. The van der Waals surface area contributed by atoms with Crippen LogP contribution in [0, 0.1) is 20.8 Å². The van der Waals surface area contributed by atoms with Crippen LogP contribution >= 0.6 is 0 Å². The Hall–Kier alpha value is -4.29. The van der Waals surface area contributed by atoms with Gasteiger partial charge in [-0.3, -0.25) is 14.3 Å². The van der Waals surface area contributed by atoms with Crippen molar-refractivity contribution >= 4 is 38.6 Å². The number of carboxylic acids is 1. The Kier molecular flexibility index (Phi) is 8.80. The van der Waals surface area contributed by atoms with Gasteiger partial charge in [-0.2, -0.15) is 9.82 Å². The Morgan fingerprint density at radius 3 is 2.48 bits per heavy atom. The van der Waals surface area contributed by atoms with Gasteiger partial charge in [-0.05, 0) is 62.6 Å². The van der Waals surface area contributed by atoms with Gasteiger partial charge in [-0.25, -0.2) is 13.4 Å². The van der Waals surface area contributed by atoms with Crippen molar-refractivity contribution in [3.63, 3.8) is 0 Å². The van der Waals surface area contributed by atoms with Crippen molar-refractivity contribution in [3.05, 3.63) is 83.2 Å². The Labute approximate surface area is 232 Å². The first kappa shape index (κ1) is 28.7. The van der Waals surface area contributed by atoms with E-state index in [-0.39, 0.29) is 4.90 Å². The molecule has 210 valence electrons. The molecule has 4 aromatic rings. The number of aliphatic carboxylic acids is 1. The van der Waals surface area contributed by atoms with E-state index in [1.807, 2.05) is 31.2 Å². The summed E-state index contributed by atoms with van der Waals surface area (Å²) in [5, 5.41) is 20.5. The second-order valence-corrected chi connectivity index (χ2v) is 11.2. The van der Waals surface area contributed by atoms with Gasteiger partial charge in [-0.1, -0.05) is 29.8 Å². The molecule has 12 heteroatoms. The maximum absolute atomic E-state index is 13.1. The molecular weight excluding hydrogens is 532 g/mol. The molecule has 4 N–H and O–H groups in total. The van der Waals surface area contributed by atoms with E-state index < -0.39 is 34.5 Å². The van der Waals surface area contributed by atoms with Gasteiger partial charge < -0.3 is 15.7 Å². The molecule has 0 saturated carbocycles. The summed E-state index contributed by atoms with van der Waals surface area (Å²) < 4.78 is 30.2. The molecule has 0 aliphatic rings. The van der Waals surface area contributed by atoms with Crippen molar-refractivity contribution in [1.29, 1.82) is 0 Å². The average molecular weight is 565 g/mol. The van der Waals surface area contributed by atoms with Crippen LogP contribution in [0.3, 0.4) is 0 Å². The summed E-state index contributed by atoms with van der Waals surface area (Å²) in [7, 11) is -4.16. The number of nitrogens with zero attached hydrogens (tertiary/aromatic N) is 3. The Bertz CT molecular complexity index is 1610. The molecule has 0 fully saturated rings. The second-order valence-electron chi connectivity index (χ2n) is 9.55. The zero-order valence-corrected chi connectivity index (χ0v) is 23.3. The number of aromatic nitrogens is 3. The molecular formula is C28H32N6O5S. The highest BCUT2D eigenvalue weighted by Gasteiger charge is 2.28. The molecule has 0 bridgehead atoms. The summed E-state index contributed by atoms with van der Waals surface area (Å²) in [5.74, 6) is -1.15. The molecule has 2 heterocycles. The number of aryl methyl sites for hydroxylation is 4. The lowest BCUT2D eigenvalue weighted by molar-refractivity contribution is -0.138. The highest BCUT2D eigenvalue weighted by atomic mass is 32.2. The SMILES string of the molecule is Cc1cc(C)c(S(=O)(=O)NC(CNC(=O)c2cccc3c2cnn3CCCNc2ccccn2)C(=O)O)c(C)c1. The number of benzene rings is 2. The monoisotopic (exact) mass is 564 g/mol. The van der Waals surface area contributed by atoms with E-state index in [1.54, 1.807) is 55.2 Å². The van der Waals surface area contributed by atoms with Crippen molar-refractivity contribution < 1.29 is 23.1 Å². The van der Waals surface area contributed by atoms with Crippen LogP contribution in [0.25, 0.3) is 10.9 Å². The minimum atomic E-state index is -4.16. The Balaban J connectivity index is 1.42. The average Bonchev–Trinajstić information content (AvgIpc) is 3.31. The van der Waals surface area contributed by atoms with E-state index in [9.17, 15) is 23.1 Å². The minimum absolute atomic E-state index is 0.0306. The van der Waals surface area contributed by atoms with Gasteiger partial charge in [0.05, 0.1) is 22.2 Å². The molecule has 0 aliphatic heterocycles. The predicted octanol–water partition coefficient (Wildman–Crippen LogP) is 3.02. The van der Waals surface area contributed by atoms with Crippen LogP contribution in [0.5, 0.6) is 0 Å².